The van der Waals surface area contributed by atoms with Crippen molar-refractivity contribution >= 4 is 45.8 Å². The standard InChI is InChI=1S/C13H16INO3S/c1-2-13(12(17)18)4-3-5-15(8-13)11(16)9-6-10(14)19-7-9/h6-7H,2-5,8H2,1H3,(H,17,18). The lowest BCUT2D eigenvalue weighted by atomic mass is 9.77. The molecule has 2 heterocycles. The third-order valence-corrected chi connectivity index (χ3v) is 5.60. The molecule has 1 aromatic rings. The van der Waals surface area contributed by atoms with Crippen molar-refractivity contribution in [2.24, 2.45) is 5.41 Å². The second kappa shape index (κ2) is 5.78. The van der Waals surface area contributed by atoms with E-state index >= 15 is 0 Å². The summed E-state index contributed by atoms with van der Waals surface area (Å²) in [6, 6.07) is 1.86. The SMILES string of the molecule is CCC1(C(=O)O)CCCN(C(=O)c2csc(I)c2)C1. The van der Waals surface area contributed by atoms with Crippen LogP contribution in [0.5, 0.6) is 0 Å². The predicted molar refractivity (Wildman–Crippen MR) is 82.5 cm³/mol. The van der Waals surface area contributed by atoms with Gasteiger partial charge in [0.05, 0.1) is 13.9 Å². The second-order valence-corrected chi connectivity index (χ2v) is 7.71. The van der Waals surface area contributed by atoms with Gasteiger partial charge in [-0.3, -0.25) is 9.59 Å². The predicted octanol–water partition coefficient (Wildman–Crippen LogP) is 3.07. The first-order valence-electron chi connectivity index (χ1n) is 6.25. The summed E-state index contributed by atoms with van der Waals surface area (Å²) in [6.07, 6.45) is 1.98. The van der Waals surface area contributed by atoms with Crippen LogP contribution in [0.1, 0.15) is 36.5 Å². The molecule has 1 aliphatic rings. The highest BCUT2D eigenvalue weighted by Crippen LogP contribution is 2.34. The molecule has 0 saturated carbocycles. The zero-order valence-electron chi connectivity index (χ0n) is 10.7. The molecule has 1 aromatic heterocycles. The molecule has 0 radical (unpaired) electrons. The molecule has 1 fully saturated rings. The Kier molecular flexibility index (Phi) is 4.50. The van der Waals surface area contributed by atoms with Crippen LogP contribution in [-0.4, -0.2) is 35.0 Å². The smallest absolute Gasteiger partial charge is 0.311 e. The number of likely N-dealkylation sites (tertiary alicyclic amines) is 1. The fourth-order valence-electron chi connectivity index (χ4n) is 2.52. The van der Waals surface area contributed by atoms with Crippen molar-refractivity contribution in [3.8, 4) is 0 Å². The molecule has 0 bridgehead atoms. The van der Waals surface area contributed by atoms with E-state index in [0.29, 0.717) is 31.5 Å². The first-order valence-corrected chi connectivity index (χ1v) is 8.21. The van der Waals surface area contributed by atoms with E-state index in [9.17, 15) is 14.7 Å². The van der Waals surface area contributed by atoms with E-state index in [0.717, 1.165) is 9.30 Å². The van der Waals surface area contributed by atoms with E-state index in [4.69, 9.17) is 0 Å². The number of carbonyl (C=O) groups excluding carboxylic acids is 1. The van der Waals surface area contributed by atoms with Gasteiger partial charge >= 0.3 is 5.97 Å². The molecule has 6 heteroatoms. The van der Waals surface area contributed by atoms with Gasteiger partial charge in [0, 0.05) is 18.5 Å². The maximum atomic E-state index is 12.4. The maximum Gasteiger partial charge on any atom is 0.311 e. The van der Waals surface area contributed by atoms with Crippen molar-refractivity contribution in [1.82, 2.24) is 4.90 Å². The Morgan fingerprint density at radius 3 is 2.84 bits per heavy atom. The molecule has 1 atom stereocenters. The number of amides is 1. The summed E-state index contributed by atoms with van der Waals surface area (Å²) in [6.45, 7) is 2.86. The molecule has 1 amide bonds. The van der Waals surface area contributed by atoms with Crippen LogP contribution in [0, 0.1) is 8.30 Å². The van der Waals surface area contributed by atoms with Crippen molar-refractivity contribution in [3.05, 3.63) is 19.9 Å². The summed E-state index contributed by atoms with van der Waals surface area (Å²) >= 11 is 3.71. The molecule has 19 heavy (non-hydrogen) atoms. The van der Waals surface area contributed by atoms with Gasteiger partial charge in [-0.15, -0.1) is 11.3 Å². The molecule has 0 aliphatic carbocycles. The summed E-state index contributed by atoms with van der Waals surface area (Å²) in [7, 11) is 0. The molecule has 0 spiro atoms. The third kappa shape index (κ3) is 2.94. The van der Waals surface area contributed by atoms with E-state index in [1.807, 2.05) is 18.4 Å². The molecule has 0 aromatic carbocycles. The summed E-state index contributed by atoms with van der Waals surface area (Å²) < 4.78 is 1.07. The molecule has 1 saturated heterocycles. The zero-order valence-corrected chi connectivity index (χ0v) is 13.7. The number of nitrogens with zero attached hydrogens (tertiary/aromatic N) is 1. The molecule has 4 nitrogen and oxygen atoms in total. The van der Waals surface area contributed by atoms with Crippen LogP contribution in [0.4, 0.5) is 0 Å². The Hall–Kier alpha value is -0.630. The van der Waals surface area contributed by atoms with Crippen LogP contribution < -0.4 is 0 Å². The molecular formula is C13H16INO3S. The Labute approximate surface area is 129 Å². The van der Waals surface area contributed by atoms with Crippen LogP contribution in [0.25, 0.3) is 0 Å². The number of thiophene rings is 1. The normalized spacial score (nSPS) is 23.4. The van der Waals surface area contributed by atoms with Gasteiger partial charge in [-0.2, -0.15) is 0 Å². The highest BCUT2D eigenvalue weighted by atomic mass is 127. The zero-order chi connectivity index (χ0) is 14.0. The van der Waals surface area contributed by atoms with Crippen molar-refractivity contribution in [1.29, 1.82) is 0 Å². The van der Waals surface area contributed by atoms with Crippen molar-refractivity contribution in [2.45, 2.75) is 26.2 Å². The first kappa shape index (κ1) is 14.8. The van der Waals surface area contributed by atoms with E-state index in [1.54, 1.807) is 4.90 Å². The van der Waals surface area contributed by atoms with Gasteiger partial charge < -0.3 is 10.0 Å². The van der Waals surface area contributed by atoms with Crippen molar-refractivity contribution < 1.29 is 14.7 Å². The Balaban J connectivity index is 2.17. The van der Waals surface area contributed by atoms with E-state index in [2.05, 4.69) is 22.6 Å². The summed E-state index contributed by atoms with van der Waals surface area (Å²) in [5.41, 5.74) is -0.0939. The van der Waals surface area contributed by atoms with E-state index in [1.165, 1.54) is 11.3 Å². The molecule has 1 aliphatic heterocycles. The average molecular weight is 393 g/mol. The topological polar surface area (TPSA) is 57.6 Å². The van der Waals surface area contributed by atoms with Gasteiger partial charge in [-0.05, 0) is 47.9 Å². The quantitative estimate of drug-likeness (QED) is 0.804. The summed E-state index contributed by atoms with van der Waals surface area (Å²) in [5, 5.41) is 11.3. The van der Waals surface area contributed by atoms with Crippen LogP contribution in [-0.2, 0) is 4.79 Å². The lowest BCUT2D eigenvalue weighted by Gasteiger charge is -2.39. The maximum absolute atomic E-state index is 12.4. The van der Waals surface area contributed by atoms with Crippen LogP contribution in [0.2, 0.25) is 0 Å². The summed E-state index contributed by atoms with van der Waals surface area (Å²) in [5.74, 6) is -0.828. The number of hydrogen-bond donors (Lipinski definition) is 1. The lowest BCUT2D eigenvalue weighted by Crippen LogP contribution is -2.49. The van der Waals surface area contributed by atoms with Crippen molar-refractivity contribution in [3.63, 3.8) is 0 Å². The number of aliphatic carboxylic acids is 1. The number of carbonyl (C=O) groups is 2. The van der Waals surface area contributed by atoms with E-state index in [-0.39, 0.29) is 5.91 Å². The highest BCUT2D eigenvalue weighted by Gasteiger charge is 2.42. The number of piperidine rings is 1. The molecule has 1 N–H and O–H groups in total. The van der Waals surface area contributed by atoms with Gasteiger partial charge in [0.25, 0.3) is 5.91 Å². The minimum absolute atomic E-state index is 0.0436. The van der Waals surface area contributed by atoms with Crippen LogP contribution >= 0.6 is 33.9 Å². The van der Waals surface area contributed by atoms with Gasteiger partial charge in [0.15, 0.2) is 0 Å². The van der Waals surface area contributed by atoms with Gasteiger partial charge in [-0.25, -0.2) is 0 Å². The fraction of sp³-hybridized carbons (Fsp3) is 0.538. The highest BCUT2D eigenvalue weighted by molar-refractivity contribution is 14.1. The molecule has 2 rings (SSSR count). The number of carboxylic acids is 1. The Morgan fingerprint density at radius 2 is 2.32 bits per heavy atom. The van der Waals surface area contributed by atoms with Crippen LogP contribution in [0.15, 0.2) is 11.4 Å². The number of halogens is 1. The largest absolute Gasteiger partial charge is 0.481 e. The van der Waals surface area contributed by atoms with E-state index < -0.39 is 11.4 Å². The lowest BCUT2D eigenvalue weighted by molar-refractivity contribution is -0.152. The Bertz CT molecular complexity index is 502. The van der Waals surface area contributed by atoms with Gasteiger partial charge in [0.2, 0.25) is 0 Å². The van der Waals surface area contributed by atoms with Crippen LogP contribution in [0.3, 0.4) is 0 Å². The minimum atomic E-state index is -0.785. The fourth-order valence-corrected chi connectivity index (χ4v) is 3.84. The first-order chi connectivity index (χ1) is 8.98. The molecule has 1 unspecified atom stereocenters. The van der Waals surface area contributed by atoms with Gasteiger partial charge in [0.1, 0.15) is 0 Å². The average Bonchev–Trinajstić information content (AvgIpc) is 2.84. The molecular weight excluding hydrogens is 377 g/mol. The monoisotopic (exact) mass is 393 g/mol. The number of rotatable bonds is 3. The van der Waals surface area contributed by atoms with Gasteiger partial charge in [-0.1, -0.05) is 6.92 Å². The minimum Gasteiger partial charge on any atom is -0.481 e. The number of hydrogen-bond acceptors (Lipinski definition) is 3. The number of carboxylic acid groups (broad SMARTS) is 1. The summed E-state index contributed by atoms with van der Waals surface area (Å²) in [4.78, 5) is 25.5. The molecule has 104 valence electrons. The Morgan fingerprint density at radius 1 is 1.58 bits per heavy atom. The second-order valence-electron chi connectivity index (χ2n) is 4.91. The third-order valence-electron chi connectivity index (χ3n) is 3.81. The van der Waals surface area contributed by atoms with Crippen molar-refractivity contribution in [2.75, 3.05) is 13.1 Å².